The zero-order valence-corrected chi connectivity index (χ0v) is 16.8. The van der Waals surface area contributed by atoms with Gasteiger partial charge in [-0.05, 0) is 56.2 Å². The summed E-state index contributed by atoms with van der Waals surface area (Å²) in [6, 6.07) is 14.4. The van der Waals surface area contributed by atoms with E-state index in [0.717, 1.165) is 34.5 Å². The van der Waals surface area contributed by atoms with Crippen molar-refractivity contribution in [1.82, 2.24) is 9.29 Å². The first kappa shape index (κ1) is 18.4. The molecule has 1 aliphatic rings. The third-order valence-corrected chi connectivity index (χ3v) is 7.85. The fourth-order valence-electron chi connectivity index (χ4n) is 3.48. The van der Waals surface area contributed by atoms with Crippen LogP contribution in [0.5, 0.6) is 5.75 Å². The van der Waals surface area contributed by atoms with Gasteiger partial charge in [-0.15, -0.1) is 11.3 Å². The number of benzene rings is 2. The Hall–Kier alpha value is -1.96. The van der Waals surface area contributed by atoms with Crippen LogP contribution in [0.25, 0.3) is 10.2 Å². The molecule has 3 aromatic rings. The molecule has 2 heterocycles. The van der Waals surface area contributed by atoms with Gasteiger partial charge in [-0.1, -0.05) is 18.6 Å². The maximum absolute atomic E-state index is 13.3. The molecule has 1 aromatic heterocycles. The lowest BCUT2D eigenvalue weighted by molar-refractivity contribution is 0.255. The largest absolute Gasteiger partial charge is 0.494 e. The fourth-order valence-corrected chi connectivity index (χ4v) is 6.32. The molecule has 1 saturated heterocycles. The number of sulfonamides is 1. The number of fused-ring (bicyclic) bond motifs is 1. The van der Waals surface area contributed by atoms with E-state index in [9.17, 15) is 8.42 Å². The predicted molar refractivity (Wildman–Crippen MR) is 108 cm³/mol. The van der Waals surface area contributed by atoms with E-state index in [4.69, 9.17) is 9.72 Å². The lowest BCUT2D eigenvalue weighted by Crippen LogP contribution is -2.38. The highest BCUT2D eigenvalue weighted by Gasteiger charge is 2.36. The Labute approximate surface area is 163 Å². The Kier molecular flexibility index (Phi) is 5.16. The van der Waals surface area contributed by atoms with E-state index in [0.29, 0.717) is 23.8 Å². The van der Waals surface area contributed by atoms with Gasteiger partial charge < -0.3 is 4.74 Å². The lowest BCUT2D eigenvalue weighted by atomic mass is 10.1. The van der Waals surface area contributed by atoms with Gasteiger partial charge in [-0.2, -0.15) is 4.31 Å². The summed E-state index contributed by atoms with van der Waals surface area (Å²) in [5.41, 5.74) is 0.932. The van der Waals surface area contributed by atoms with Crippen molar-refractivity contribution in [2.45, 2.75) is 37.1 Å². The molecular formula is C20H22N2O3S2. The summed E-state index contributed by atoms with van der Waals surface area (Å²) >= 11 is 1.59. The molecule has 2 aromatic carbocycles. The third kappa shape index (κ3) is 3.59. The normalized spacial score (nSPS) is 18.6. The highest BCUT2D eigenvalue weighted by Crippen LogP contribution is 2.38. The second-order valence-corrected chi connectivity index (χ2v) is 9.50. The average molecular weight is 403 g/mol. The highest BCUT2D eigenvalue weighted by molar-refractivity contribution is 7.89. The number of thiazole rings is 1. The van der Waals surface area contributed by atoms with E-state index in [-0.39, 0.29) is 6.04 Å². The van der Waals surface area contributed by atoms with Crippen LogP contribution in [0.3, 0.4) is 0 Å². The second kappa shape index (κ2) is 7.58. The second-order valence-electron chi connectivity index (χ2n) is 6.55. The third-order valence-electron chi connectivity index (χ3n) is 4.79. The van der Waals surface area contributed by atoms with Crippen LogP contribution in [0, 0.1) is 0 Å². The van der Waals surface area contributed by atoms with Crippen LogP contribution in [0.1, 0.15) is 37.2 Å². The zero-order valence-electron chi connectivity index (χ0n) is 15.2. The SMILES string of the molecule is CCOc1ccc(S(=O)(=O)N2CCCCC2c2nc3ccccc3s2)cc1. The van der Waals surface area contributed by atoms with Crippen LogP contribution >= 0.6 is 11.3 Å². The van der Waals surface area contributed by atoms with Crippen LogP contribution < -0.4 is 4.74 Å². The van der Waals surface area contributed by atoms with E-state index in [1.165, 1.54) is 0 Å². The number of nitrogens with zero attached hydrogens (tertiary/aromatic N) is 2. The molecule has 0 N–H and O–H groups in total. The first-order valence-corrected chi connectivity index (χ1v) is 11.5. The van der Waals surface area contributed by atoms with Crippen molar-refractivity contribution in [2.75, 3.05) is 13.2 Å². The molecule has 0 amide bonds. The monoisotopic (exact) mass is 402 g/mol. The summed E-state index contributed by atoms with van der Waals surface area (Å²) in [6.45, 7) is 2.98. The summed E-state index contributed by atoms with van der Waals surface area (Å²) in [7, 11) is -3.58. The summed E-state index contributed by atoms with van der Waals surface area (Å²) in [4.78, 5) is 5.03. The molecular weight excluding hydrogens is 380 g/mol. The van der Waals surface area contributed by atoms with E-state index in [1.807, 2.05) is 31.2 Å². The van der Waals surface area contributed by atoms with Gasteiger partial charge >= 0.3 is 0 Å². The topological polar surface area (TPSA) is 59.5 Å². The van der Waals surface area contributed by atoms with Crippen molar-refractivity contribution in [3.05, 3.63) is 53.5 Å². The molecule has 1 atom stereocenters. The number of para-hydroxylation sites is 1. The van der Waals surface area contributed by atoms with Crippen LogP contribution in [-0.4, -0.2) is 30.9 Å². The minimum absolute atomic E-state index is 0.201. The number of rotatable bonds is 5. The van der Waals surface area contributed by atoms with Crippen molar-refractivity contribution >= 4 is 31.6 Å². The molecule has 0 radical (unpaired) electrons. The van der Waals surface area contributed by atoms with E-state index in [1.54, 1.807) is 39.9 Å². The molecule has 0 aliphatic carbocycles. The molecule has 1 aliphatic heterocycles. The molecule has 1 unspecified atom stereocenters. The Balaban J connectivity index is 1.68. The van der Waals surface area contributed by atoms with Crippen LogP contribution in [0.4, 0.5) is 0 Å². The van der Waals surface area contributed by atoms with Gasteiger partial charge in [-0.3, -0.25) is 0 Å². The molecule has 4 rings (SSSR count). The van der Waals surface area contributed by atoms with E-state index < -0.39 is 10.0 Å². The number of piperidine rings is 1. The number of aromatic nitrogens is 1. The minimum atomic E-state index is -3.58. The summed E-state index contributed by atoms with van der Waals surface area (Å²) < 4.78 is 34.8. The van der Waals surface area contributed by atoms with Crippen molar-refractivity contribution in [1.29, 1.82) is 0 Å². The summed E-state index contributed by atoms with van der Waals surface area (Å²) in [5, 5.41) is 0.880. The van der Waals surface area contributed by atoms with Crippen molar-refractivity contribution in [3.8, 4) is 5.75 Å². The zero-order chi connectivity index (χ0) is 18.9. The number of hydrogen-bond acceptors (Lipinski definition) is 5. The standard InChI is InChI=1S/C20H22N2O3S2/c1-2-25-15-10-12-16(13-11-15)27(23,24)22-14-6-5-8-18(22)20-21-17-7-3-4-9-19(17)26-20/h3-4,7,9-13,18H,2,5-6,8,14H2,1H3. The van der Waals surface area contributed by atoms with Crippen LogP contribution in [0.2, 0.25) is 0 Å². The predicted octanol–water partition coefficient (Wildman–Crippen LogP) is 4.61. The minimum Gasteiger partial charge on any atom is -0.494 e. The van der Waals surface area contributed by atoms with Gasteiger partial charge in [0.2, 0.25) is 10.0 Å². The first-order valence-electron chi connectivity index (χ1n) is 9.20. The molecule has 1 fully saturated rings. The van der Waals surface area contributed by atoms with E-state index >= 15 is 0 Å². The Morgan fingerprint density at radius 1 is 1.15 bits per heavy atom. The Bertz CT molecular complexity index is 996. The maximum atomic E-state index is 13.3. The number of hydrogen-bond donors (Lipinski definition) is 0. The van der Waals surface area contributed by atoms with Gasteiger partial charge in [0.05, 0.1) is 27.8 Å². The van der Waals surface area contributed by atoms with E-state index in [2.05, 4.69) is 0 Å². The fraction of sp³-hybridized carbons (Fsp3) is 0.350. The van der Waals surface area contributed by atoms with Gasteiger partial charge in [0.15, 0.2) is 0 Å². The molecule has 27 heavy (non-hydrogen) atoms. The Morgan fingerprint density at radius 3 is 2.67 bits per heavy atom. The van der Waals surface area contributed by atoms with Crippen molar-refractivity contribution in [3.63, 3.8) is 0 Å². The lowest BCUT2D eigenvalue weighted by Gasteiger charge is -2.33. The molecule has 7 heteroatoms. The average Bonchev–Trinajstić information content (AvgIpc) is 3.13. The molecule has 0 bridgehead atoms. The smallest absolute Gasteiger partial charge is 0.243 e. The van der Waals surface area contributed by atoms with Crippen molar-refractivity contribution < 1.29 is 13.2 Å². The maximum Gasteiger partial charge on any atom is 0.243 e. The van der Waals surface area contributed by atoms with Gasteiger partial charge in [0.1, 0.15) is 10.8 Å². The Morgan fingerprint density at radius 2 is 1.93 bits per heavy atom. The molecule has 0 spiro atoms. The molecule has 142 valence electrons. The number of ether oxygens (including phenoxy) is 1. The van der Waals surface area contributed by atoms with Crippen LogP contribution in [-0.2, 0) is 10.0 Å². The highest BCUT2D eigenvalue weighted by atomic mass is 32.2. The van der Waals surface area contributed by atoms with Gasteiger partial charge in [-0.25, -0.2) is 13.4 Å². The van der Waals surface area contributed by atoms with Gasteiger partial charge in [0, 0.05) is 6.54 Å². The quantitative estimate of drug-likeness (QED) is 0.625. The molecule has 0 saturated carbocycles. The van der Waals surface area contributed by atoms with Crippen LogP contribution in [0.15, 0.2) is 53.4 Å². The van der Waals surface area contributed by atoms with Crippen molar-refractivity contribution in [2.24, 2.45) is 0 Å². The summed E-state index contributed by atoms with van der Waals surface area (Å²) in [5.74, 6) is 0.679. The summed E-state index contributed by atoms with van der Waals surface area (Å²) in [6.07, 6.45) is 2.68. The first-order chi connectivity index (χ1) is 13.1. The molecule has 5 nitrogen and oxygen atoms in total. The van der Waals surface area contributed by atoms with Gasteiger partial charge in [0.25, 0.3) is 0 Å².